The molecule has 1 N–H and O–H groups in total. The van der Waals surface area contributed by atoms with Crippen molar-refractivity contribution in [2.24, 2.45) is 0 Å². The van der Waals surface area contributed by atoms with Gasteiger partial charge in [-0.15, -0.1) is 0 Å². The van der Waals surface area contributed by atoms with Crippen LogP contribution in [0.3, 0.4) is 0 Å². The van der Waals surface area contributed by atoms with Gasteiger partial charge in [-0.2, -0.15) is 0 Å². The van der Waals surface area contributed by atoms with Gasteiger partial charge in [0.25, 0.3) is 5.69 Å². The van der Waals surface area contributed by atoms with E-state index in [1.165, 1.54) is 24.3 Å². The van der Waals surface area contributed by atoms with Crippen LogP contribution in [0.1, 0.15) is 0 Å². The van der Waals surface area contributed by atoms with Gasteiger partial charge in [0.05, 0.1) is 4.92 Å². The first-order valence-corrected chi connectivity index (χ1v) is 9.17. The molecule has 0 amide bonds. The standard InChI is InChI=1S/C19H22ClN3O4/c20-15-2-1-3-17(12-15)22-10-8-21(9-11-22)13-18(24)14-27-19-6-4-16(5-7-19)23(25)26/h1-7,12,18,24H,8-11,13-14H2/t18-/m0/s1. The molecule has 7 nitrogen and oxygen atoms in total. The van der Waals surface area contributed by atoms with E-state index in [4.69, 9.17) is 16.3 Å². The number of nitro benzene ring substituents is 1. The minimum Gasteiger partial charge on any atom is -0.491 e. The number of piperazine rings is 1. The highest BCUT2D eigenvalue weighted by Crippen LogP contribution is 2.21. The second-order valence-electron chi connectivity index (χ2n) is 6.48. The van der Waals surface area contributed by atoms with E-state index >= 15 is 0 Å². The molecule has 3 rings (SSSR count). The molecule has 0 unspecified atom stereocenters. The summed E-state index contributed by atoms with van der Waals surface area (Å²) in [5.41, 5.74) is 1.13. The Labute approximate surface area is 162 Å². The maximum atomic E-state index is 10.6. The number of anilines is 1. The van der Waals surface area contributed by atoms with Crippen molar-refractivity contribution in [3.63, 3.8) is 0 Å². The van der Waals surface area contributed by atoms with Crippen LogP contribution in [0.25, 0.3) is 0 Å². The van der Waals surface area contributed by atoms with Gasteiger partial charge in [0.15, 0.2) is 0 Å². The largest absolute Gasteiger partial charge is 0.491 e. The highest BCUT2D eigenvalue weighted by atomic mass is 35.5. The van der Waals surface area contributed by atoms with E-state index in [9.17, 15) is 15.2 Å². The molecule has 2 aromatic carbocycles. The Balaban J connectivity index is 1.41. The number of aliphatic hydroxyl groups excluding tert-OH is 1. The highest BCUT2D eigenvalue weighted by molar-refractivity contribution is 6.30. The quantitative estimate of drug-likeness (QED) is 0.577. The van der Waals surface area contributed by atoms with Crippen LogP contribution < -0.4 is 9.64 Å². The lowest BCUT2D eigenvalue weighted by Gasteiger charge is -2.36. The summed E-state index contributed by atoms with van der Waals surface area (Å²) in [7, 11) is 0. The fourth-order valence-electron chi connectivity index (χ4n) is 3.07. The zero-order chi connectivity index (χ0) is 19.2. The van der Waals surface area contributed by atoms with E-state index in [0.29, 0.717) is 12.3 Å². The van der Waals surface area contributed by atoms with E-state index in [2.05, 4.69) is 15.9 Å². The van der Waals surface area contributed by atoms with Crippen molar-refractivity contribution in [2.45, 2.75) is 6.10 Å². The molecule has 1 aliphatic rings. The summed E-state index contributed by atoms with van der Waals surface area (Å²) in [5.74, 6) is 0.505. The summed E-state index contributed by atoms with van der Waals surface area (Å²) in [4.78, 5) is 14.7. The maximum absolute atomic E-state index is 10.6. The Morgan fingerprint density at radius 2 is 1.85 bits per heavy atom. The van der Waals surface area contributed by atoms with Gasteiger partial charge in [-0.1, -0.05) is 17.7 Å². The Morgan fingerprint density at radius 3 is 2.48 bits per heavy atom. The van der Waals surface area contributed by atoms with Crippen molar-refractivity contribution in [3.8, 4) is 5.75 Å². The summed E-state index contributed by atoms with van der Waals surface area (Å²) in [6.45, 7) is 4.11. The van der Waals surface area contributed by atoms with Gasteiger partial charge >= 0.3 is 0 Å². The van der Waals surface area contributed by atoms with Crippen LogP contribution in [-0.4, -0.2) is 60.4 Å². The Kier molecular flexibility index (Phi) is 6.49. The number of non-ortho nitro benzene ring substituents is 1. The number of ether oxygens (including phenoxy) is 1. The molecule has 0 bridgehead atoms. The van der Waals surface area contributed by atoms with Gasteiger partial charge in [0.1, 0.15) is 18.5 Å². The Hall–Kier alpha value is -2.35. The lowest BCUT2D eigenvalue weighted by Crippen LogP contribution is -2.49. The van der Waals surface area contributed by atoms with Crippen molar-refractivity contribution in [2.75, 3.05) is 44.2 Å². The first-order valence-electron chi connectivity index (χ1n) is 8.79. The molecular formula is C19H22ClN3O4. The minimum atomic E-state index is -0.627. The third-order valence-corrected chi connectivity index (χ3v) is 4.74. The first kappa shape index (κ1) is 19.4. The SMILES string of the molecule is O=[N+]([O-])c1ccc(OC[C@@H](O)CN2CCN(c3cccc(Cl)c3)CC2)cc1. The third-order valence-electron chi connectivity index (χ3n) is 4.50. The minimum absolute atomic E-state index is 0.0143. The normalized spacial score (nSPS) is 16.1. The summed E-state index contributed by atoms with van der Waals surface area (Å²) in [6, 6.07) is 13.7. The van der Waals surface area contributed by atoms with Crippen molar-refractivity contribution in [1.82, 2.24) is 4.90 Å². The zero-order valence-electron chi connectivity index (χ0n) is 14.8. The molecule has 8 heteroatoms. The first-order chi connectivity index (χ1) is 13.0. The molecule has 1 fully saturated rings. The van der Waals surface area contributed by atoms with Crippen LogP contribution in [0.4, 0.5) is 11.4 Å². The van der Waals surface area contributed by atoms with Crippen LogP contribution in [0.2, 0.25) is 5.02 Å². The average Bonchev–Trinajstić information content (AvgIpc) is 2.67. The lowest BCUT2D eigenvalue weighted by atomic mass is 10.2. The number of nitrogens with zero attached hydrogens (tertiary/aromatic N) is 3. The molecule has 1 aliphatic heterocycles. The fourth-order valence-corrected chi connectivity index (χ4v) is 3.25. The zero-order valence-corrected chi connectivity index (χ0v) is 15.6. The van der Waals surface area contributed by atoms with Gasteiger partial charge < -0.3 is 14.7 Å². The maximum Gasteiger partial charge on any atom is 0.269 e. The van der Waals surface area contributed by atoms with Crippen molar-refractivity contribution in [3.05, 3.63) is 63.7 Å². The van der Waals surface area contributed by atoms with Gasteiger partial charge in [-0.05, 0) is 30.3 Å². The third kappa shape index (κ3) is 5.56. The molecule has 0 aromatic heterocycles. The predicted molar refractivity (Wildman–Crippen MR) is 105 cm³/mol. The van der Waals surface area contributed by atoms with E-state index in [1.807, 2.05) is 18.2 Å². The molecule has 0 saturated carbocycles. The number of halogens is 1. The number of benzene rings is 2. The fraction of sp³-hybridized carbons (Fsp3) is 0.368. The number of hydrogen-bond donors (Lipinski definition) is 1. The second kappa shape index (κ2) is 9.03. The number of aliphatic hydroxyl groups is 1. The topological polar surface area (TPSA) is 79.1 Å². The highest BCUT2D eigenvalue weighted by Gasteiger charge is 2.20. The Morgan fingerprint density at radius 1 is 1.15 bits per heavy atom. The average molecular weight is 392 g/mol. The van der Waals surface area contributed by atoms with Gasteiger partial charge in [0.2, 0.25) is 0 Å². The molecule has 0 spiro atoms. The van der Waals surface area contributed by atoms with E-state index in [1.54, 1.807) is 0 Å². The summed E-state index contributed by atoms with van der Waals surface area (Å²) >= 11 is 6.05. The predicted octanol–water partition coefficient (Wildman–Crippen LogP) is 2.81. The summed E-state index contributed by atoms with van der Waals surface area (Å²) in [5, 5.41) is 21.6. The number of hydrogen-bond acceptors (Lipinski definition) is 6. The molecule has 27 heavy (non-hydrogen) atoms. The monoisotopic (exact) mass is 391 g/mol. The lowest BCUT2D eigenvalue weighted by molar-refractivity contribution is -0.384. The van der Waals surface area contributed by atoms with E-state index < -0.39 is 11.0 Å². The second-order valence-corrected chi connectivity index (χ2v) is 6.92. The van der Waals surface area contributed by atoms with Crippen molar-refractivity contribution >= 4 is 23.0 Å². The number of rotatable bonds is 7. The van der Waals surface area contributed by atoms with Crippen LogP contribution >= 0.6 is 11.6 Å². The summed E-state index contributed by atoms with van der Waals surface area (Å²) in [6.07, 6.45) is -0.627. The van der Waals surface area contributed by atoms with E-state index in [-0.39, 0.29) is 12.3 Å². The molecule has 0 radical (unpaired) electrons. The summed E-state index contributed by atoms with van der Waals surface area (Å²) < 4.78 is 5.52. The smallest absolute Gasteiger partial charge is 0.269 e. The Bertz CT molecular complexity index is 764. The molecule has 2 aromatic rings. The van der Waals surface area contributed by atoms with Gasteiger partial charge in [0, 0.05) is 55.6 Å². The number of β-amino-alcohol motifs (C(OH)–C–C–N with tert-alkyl or cyclic N) is 1. The van der Waals surface area contributed by atoms with Crippen LogP contribution in [0.15, 0.2) is 48.5 Å². The van der Waals surface area contributed by atoms with Crippen molar-refractivity contribution in [1.29, 1.82) is 0 Å². The molecular weight excluding hydrogens is 370 g/mol. The van der Waals surface area contributed by atoms with Crippen LogP contribution in [0, 0.1) is 10.1 Å². The molecule has 1 atom stereocenters. The molecule has 1 heterocycles. The van der Waals surface area contributed by atoms with Crippen LogP contribution in [0.5, 0.6) is 5.75 Å². The van der Waals surface area contributed by atoms with Crippen LogP contribution in [-0.2, 0) is 0 Å². The van der Waals surface area contributed by atoms with Gasteiger partial charge in [-0.25, -0.2) is 0 Å². The molecule has 144 valence electrons. The van der Waals surface area contributed by atoms with Gasteiger partial charge in [-0.3, -0.25) is 15.0 Å². The van der Waals surface area contributed by atoms with Crippen molar-refractivity contribution < 1.29 is 14.8 Å². The van der Waals surface area contributed by atoms with E-state index in [0.717, 1.165) is 36.9 Å². The number of nitro groups is 1. The molecule has 0 aliphatic carbocycles. The molecule has 1 saturated heterocycles.